The third kappa shape index (κ3) is 1.73. The monoisotopic (exact) mass is 191 g/mol. The van der Waals surface area contributed by atoms with Gasteiger partial charge >= 0.3 is 0 Å². The lowest BCUT2D eigenvalue weighted by Gasteiger charge is -2.20. The molecule has 0 spiro atoms. The molecular formula is C7H10ClNOS. The van der Waals surface area contributed by atoms with E-state index in [1.165, 1.54) is 11.3 Å². The second-order valence-electron chi connectivity index (χ2n) is 2.68. The molecule has 1 aromatic heterocycles. The Bertz CT molecular complexity index is 246. The first-order chi connectivity index (χ1) is 5.08. The van der Waals surface area contributed by atoms with Crippen LogP contribution in [0.15, 0.2) is 11.4 Å². The van der Waals surface area contributed by atoms with Crippen LogP contribution in [-0.2, 0) is 5.54 Å². The Hall–Kier alpha value is -0.0900. The van der Waals surface area contributed by atoms with Crippen LogP contribution in [0.5, 0.6) is 0 Å². The van der Waals surface area contributed by atoms with Gasteiger partial charge in [0, 0.05) is 5.56 Å². The molecule has 0 fully saturated rings. The summed E-state index contributed by atoms with van der Waals surface area (Å²) in [5, 5.41) is 10.8. The van der Waals surface area contributed by atoms with Gasteiger partial charge in [0.2, 0.25) is 0 Å². The van der Waals surface area contributed by atoms with Gasteiger partial charge in [-0.05, 0) is 18.4 Å². The number of hydrogen-bond acceptors (Lipinski definition) is 3. The van der Waals surface area contributed by atoms with Crippen LogP contribution in [0.25, 0.3) is 0 Å². The molecule has 0 aliphatic rings. The fourth-order valence-electron chi connectivity index (χ4n) is 0.791. The number of thiophene rings is 1. The van der Waals surface area contributed by atoms with E-state index in [9.17, 15) is 0 Å². The van der Waals surface area contributed by atoms with Crippen LogP contribution in [0.3, 0.4) is 0 Å². The van der Waals surface area contributed by atoms with Gasteiger partial charge in [-0.3, -0.25) is 0 Å². The Kier molecular flexibility index (Phi) is 2.54. The summed E-state index contributed by atoms with van der Waals surface area (Å²) >= 11 is 7.25. The standard InChI is InChI=1S/C7H10ClNOS/c1-7(9,4-10)5-2-3-11-6(5)8/h2-3,10H,4,9H2,1H3/t7-/m0/s1. The Labute approximate surface area is 74.6 Å². The van der Waals surface area contributed by atoms with Crippen LogP contribution in [0.1, 0.15) is 12.5 Å². The zero-order chi connectivity index (χ0) is 8.48. The normalized spacial score (nSPS) is 16.4. The third-order valence-electron chi connectivity index (χ3n) is 1.56. The predicted octanol–water partition coefficient (Wildman–Crippen LogP) is 1.57. The molecule has 1 heterocycles. The van der Waals surface area contributed by atoms with Crippen LogP contribution in [0, 0.1) is 0 Å². The lowest BCUT2D eigenvalue weighted by Crippen LogP contribution is -2.36. The highest BCUT2D eigenvalue weighted by Gasteiger charge is 2.23. The molecule has 0 unspecified atom stereocenters. The van der Waals surface area contributed by atoms with Crippen LogP contribution < -0.4 is 5.73 Å². The highest BCUT2D eigenvalue weighted by atomic mass is 35.5. The molecule has 2 nitrogen and oxygen atoms in total. The molecule has 4 heteroatoms. The molecule has 62 valence electrons. The van der Waals surface area contributed by atoms with E-state index in [2.05, 4.69) is 0 Å². The Morgan fingerprint density at radius 1 is 1.82 bits per heavy atom. The third-order valence-corrected chi connectivity index (χ3v) is 2.73. The van der Waals surface area contributed by atoms with E-state index in [0.29, 0.717) is 4.34 Å². The Morgan fingerprint density at radius 2 is 2.45 bits per heavy atom. The first-order valence-electron chi connectivity index (χ1n) is 3.21. The van der Waals surface area contributed by atoms with Gasteiger partial charge in [-0.15, -0.1) is 11.3 Å². The molecule has 3 N–H and O–H groups in total. The molecule has 0 bridgehead atoms. The highest BCUT2D eigenvalue weighted by molar-refractivity contribution is 7.14. The van der Waals surface area contributed by atoms with Crippen LogP contribution >= 0.6 is 22.9 Å². The molecule has 0 aliphatic carbocycles. The number of aliphatic hydroxyl groups is 1. The van der Waals surface area contributed by atoms with Gasteiger partial charge in [-0.25, -0.2) is 0 Å². The van der Waals surface area contributed by atoms with Gasteiger partial charge in [-0.1, -0.05) is 11.6 Å². The van der Waals surface area contributed by atoms with Crippen LogP contribution in [-0.4, -0.2) is 11.7 Å². The molecule has 0 radical (unpaired) electrons. The Balaban J connectivity index is 3.00. The van der Waals surface area contributed by atoms with Crippen molar-refractivity contribution < 1.29 is 5.11 Å². The molecule has 0 amide bonds. The summed E-state index contributed by atoms with van der Waals surface area (Å²) in [6.45, 7) is 1.66. The molecule has 0 saturated heterocycles. The van der Waals surface area contributed by atoms with Crippen molar-refractivity contribution in [1.29, 1.82) is 0 Å². The Morgan fingerprint density at radius 3 is 2.82 bits per heavy atom. The lowest BCUT2D eigenvalue weighted by molar-refractivity contribution is 0.210. The maximum absolute atomic E-state index is 8.91. The summed E-state index contributed by atoms with van der Waals surface area (Å²) in [4.78, 5) is 0. The number of nitrogens with two attached hydrogens (primary N) is 1. The molecule has 0 saturated carbocycles. The quantitative estimate of drug-likeness (QED) is 0.746. The van der Waals surface area contributed by atoms with Crippen molar-refractivity contribution in [2.45, 2.75) is 12.5 Å². The second kappa shape index (κ2) is 3.11. The van der Waals surface area contributed by atoms with E-state index in [1.54, 1.807) is 6.92 Å². The summed E-state index contributed by atoms with van der Waals surface area (Å²) in [6, 6.07) is 1.84. The fourth-order valence-corrected chi connectivity index (χ4v) is 1.98. The van der Waals surface area contributed by atoms with E-state index in [0.717, 1.165) is 5.56 Å². The lowest BCUT2D eigenvalue weighted by atomic mass is 9.98. The van der Waals surface area contributed by atoms with Crippen molar-refractivity contribution in [3.05, 3.63) is 21.3 Å². The van der Waals surface area contributed by atoms with Crippen molar-refractivity contribution in [3.63, 3.8) is 0 Å². The zero-order valence-electron chi connectivity index (χ0n) is 6.17. The van der Waals surface area contributed by atoms with Crippen LogP contribution in [0.2, 0.25) is 4.34 Å². The van der Waals surface area contributed by atoms with Gasteiger partial charge in [-0.2, -0.15) is 0 Å². The first kappa shape index (κ1) is 9.00. The van der Waals surface area contributed by atoms with Crippen molar-refractivity contribution in [1.82, 2.24) is 0 Å². The van der Waals surface area contributed by atoms with E-state index < -0.39 is 5.54 Å². The van der Waals surface area contributed by atoms with E-state index >= 15 is 0 Å². The molecule has 0 aromatic carbocycles. The molecule has 1 rings (SSSR count). The summed E-state index contributed by atoms with van der Waals surface area (Å²) in [5.41, 5.74) is 5.86. The predicted molar refractivity (Wildman–Crippen MR) is 48.0 cm³/mol. The smallest absolute Gasteiger partial charge is 0.0979 e. The van der Waals surface area contributed by atoms with E-state index in [1.807, 2.05) is 11.4 Å². The first-order valence-corrected chi connectivity index (χ1v) is 4.47. The van der Waals surface area contributed by atoms with Gasteiger partial charge in [0.05, 0.1) is 16.5 Å². The minimum Gasteiger partial charge on any atom is -0.394 e. The maximum atomic E-state index is 8.91. The number of rotatable bonds is 2. The minimum absolute atomic E-state index is 0.0938. The molecule has 1 aromatic rings. The highest BCUT2D eigenvalue weighted by Crippen LogP contribution is 2.30. The van der Waals surface area contributed by atoms with Crippen molar-refractivity contribution >= 4 is 22.9 Å². The maximum Gasteiger partial charge on any atom is 0.0979 e. The summed E-state index contributed by atoms with van der Waals surface area (Å²) < 4.78 is 0.657. The van der Waals surface area contributed by atoms with Gasteiger partial charge in [0.15, 0.2) is 0 Å². The van der Waals surface area contributed by atoms with Crippen molar-refractivity contribution in [2.24, 2.45) is 5.73 Å². The number of halogens is 1. The largest absolute Gasteiger partial charge is 0.394 e. The fraction of sp³-hybridized carbons (Fsp3) is 0.429. The van der Waals surface area contributed by atoms with Gasteiger partial charge < -0.3 is 10.8 Å². The number of hydrogen-bond donors (Lipinski definition) is 2. The SMILES string of the molecule is C[C@](N)(CO)c1ccsc1Cl. The minimum atomic E-state index is -0.711. The van der Waals surface area contributed by atoms with Crippen molar-refractivity contribution in [2.75, 3.05) is 6.61 Å². The second-order valence-corrected chi connectivity index (χ2v) is 4.20. The molecular weight excluding hydrogens is 182 g/mol. The molecule has 11 heavy (non-hydrogen) atoms. The van der Waals surface area contributed by atoms with E-state index in [-0.39, 0.29) is 6.61 Å². The summed E-state index contributed by atoms with van der Waals surface area (Å²) in [6.07, 6.45) is 0. The number of aliphatic hydroxyl groups excluding tert-OH is 1. The van der Waals surface area contributed by atoms with Gasteiger partial charge in [0.25, 0.3) is 0 Å². The topological polar surface area (TPSA) is 46.2 Å². The zero-order valence-corrected chi connectivity index (χ0v) is 7.75. The van der Waals surface area contributed by atoms with Gasteiger partial charge in [0.1, 0.15) is 0 Å². The van der Waals surface area contributed by atoms with Crippen LogP contribution in [0.4, 0.5) is 0 Å². The average Bonchev–Trinajstić information content (AvgIpc) is 2.36. The molecule has 1 atom stereocenters. The summed E-state index contributed by atoms with van der Waals surface area (Å²) in [5.74, 6) is 0. The summed E-state index contributed by atoms with van der Waals surface area (Å²) in [7, 11) is 0. The average molecular weight is 192 g/mol. The van der Waals surface area contributed by atoms with E-state index in [4.69, 9.17) is 22.4 Å². The van der Waals surface area contributed by atoms with Crippen molar-refractivity contribution in [3.8, 4) is 0 Å². The molecule has 0 aliphatic heterocycles.